The number of carbonyl (C=O) groups excluding carboxylic acids is 1. The van der Waals surface area contributed by atoms with Crippen molar-refractivity contribution in [2.24, 2.45) is 0 Å². The molecule has 0 spiro atoms. The van der Waals surface area contributed by atoms with Crippen LogP contribution in [0.1, 0.15) is 12.5 Å². The number of rotatable bonds is 4. The lowest BCUT2D eigenvalue weighted by Crippen LogP contribution is -2.30. The second-order valence-corrected chi connectivity index (χ2v) is 6.15. The van der Waals surface area contributed by atoms with Crippen LogP contribution in [0.5, 0.6) is 5.75 Å². The van der Waals surface area contributed by atoms with Gasteiger partial charge in [0, 0.05) is 10.7 Å². The lowest BCUT2D eigenvalue weighted by molar-refractivity contribution is -0.122. The van der Waals surface area contributed by atoms with Crippen LogP contribution in [0, 0.1) is 6.92 Å². The lowest BCUT2D eigenvalue weighted by atomic mass is 10.1. The summed E-state index contributed by atoms with van der Waals surface area (Å²) in [5.41, 5.74) is 1.65. The largest absolute Gasteiger partial charge is 0.481 e. The smallest absolute Gasteiger partial charge is 0.265 e. The minimum absolute atomic E-state index is 0.214. The van der Waals surface area contributed by atoms with Gasteiger partial charge in [-0.1, -0.05) is 48.0 Å². The second kappa shape index (κ2) is 6.93. The molecule has 0 saturated heterocycles. The van der Waals surface area contributed by atoms with Gasteiger partial charge in [0.1, 0.15) is 5.75 Å². The van der Waals surface area contributed by atoms with Crippen LogP contribution in [-0.4, -0.2) is 12.0 Å². The summed E-state index contributed by atoms with van der Waals surface area (Å²) in [5.74, 6) is 0.452. The van der Waals surface area contributed by atoms with Gasteiger partial charge in [0.15, 0.2) is 6.10 Å². The summed E-state index contributed by atoms with van der Waals surface area (Å²) in [6.45, 7) is 3.64. The van der Waals surface area contributed by atoms with Crippen molar-refractivity contribution in [1.29, 1.82) is 0 Å². The van der Waals surface area contributed by atoms with E-state index in [-0.39, 0.29) is 5.91 Å². The molecule has 3 nitrogen and oxygen atoms in total. The molecule has 0 radical (unpaired) electrons. The summed E-state index contributed by atoms with van der Waals surface area (Å²) < 4.78 is 5.78. The van der Waals surface area contributed by atoms with Crippen molar-refractivity contribution in [1.82, 2.24) is 0 Å². The number of hydrogen-bond acceptors (Lipinski definition) is 2. The molecule has 0 saturated carbocycles. The van der Waals surface area contributed by atoms with Gasteiger partial charge >= 0.3 is 0 Å². The zero-order chi connectivity index (χ0) is 17.1. The van der Waals surface area contributed by atoms with Gasteiger partial charge in [-0.2, -0.15) is 0 Å². The molecule has 1 atom stereocenters. The van der Waals surface area contributed by atoms with Crippen LogP contribution in [0.4, 0.5) is 5.69 Å². The fourth-order valence-electron chi connectivity index (χ4n) is 2.46. The van der Waals surface area contributed by atoms with Crippen LogP contribution in [0.15, 0.2) is 60.7 Å². The van der Waals surface area contributed by atoms with E-state index in [1.807, 2.05) is 55.5 Å². The molecule has 1 N–H and O–H groups in total. The number of ether oxygens (including phenoxy) is 1. The van der Waals surface area contributed by atoms with Crippen LogP contribution < -0.4 is 10.1 Å². The maximum absolute atomic E-state index is 12.4. The molecule has 3 aromatic rings. The van der Waals surface area contributed by atoms with E-state index in [1.165, 1.54) is 0 Å². The van der Waals surface area contributed by atoms with Crippen molar-refractivity contribution in [2.75, 3.05) is 5.32 Å². The van der Waals surface area contributed by atoms with Crippen molar-refractivity contribution in [3.63, 3.8) is 0 Å². The van der Waals surface area contributed by atoms with Gasteiger partial charge in [0.25, 0.3) is 5.91 Å². The third-order valence-corrected chi connectivity index (χ3v) is 4.10. The average Bonchev–Trinajstić information content (AvgIpc) is 2.58. The topological polar surface area (TPSA) is 38.3 Å². The number of benzene rings is 3. The highest BCUT2D eigenvalue weighted by Crippen LogP contribution is 2.23. The van der Waals surface area contributed by atoms with Gasteiger partial charge in [-0.05, 0) is 54.4 Å². The van der Waals surface area contributed by atoms with Crippen molar-refractivity contribution < 1.29 is 9.53 Å². The molecule has 0 unspecified atom stereocenters. The predicted octanol–water partition coefficient (Wildman–Crippen LogP) is 5.21. The van der Waals surface area contributed by atoms with Crippen molar-refractivity contribution in [3.8, 4) is 5.75 Å². The molecule has 0 aliphatic rings. The van der Waals surface area contributed by atoms with E-state index in [4.69, 9.17) is 16.3 Å². The van der Waals surface area contributed by atoms with Crippen LogP contribution in [-0.2, 0) is 4.79 Å². The van der Waals surface area contributed by atoms with Crippen LogP contribution in [0.25, 0.3) is 10.8 Å². The molecule has 122 valence electrons. The van der Waals surface area contributed by atoms with Crippen molar-refractivity contribution in [3.05, 3.63) is 71.2 Å². The molecule has 0 aliphatic heterocycles. The van der Waals surface area contributed by atoms with Crippen LogP contribution >= 0.6 is 11.6 Å². The fourth-order valence-corrected chi connectivity index (χ4v) is 2.63. The highest BCUT2D eigenvalue weighted by atomic mass is 35.5. The summed E-state index contributed by atoms with van der Waals surface area (Å²) in [4.78, 5) is 12.4. The highest BCUT2D eigenvalue weighted by molar-refractivity contribution is 6.31. The molecule has 0 aromatic heterocycles. The number of nitrogens with one attached hydrogen (secondary N) is 1. The molecule has 0 fully saturated rings. The number of fused-ring (bicyclic) bond motifs is 1. The molecule has 3 aromatic carbocycles. The molecule has 4 heteroatoms. The first-order chi connectivity index (χ1) is 11.5. The Morgan fingerprint density at radius 3 is 2.58 bits per heavy atom. The Kier molecular flexibility index (Phi) is 4.72. The summed E-state index contributed by atoms with van der Waals surface area (Å²) >= 11 is 5.98. The summed E-state index contributed by atoms with van der Waals surface area (Å²) in [6.07, 6.45) is -0.621. The third-order valence-electron chi connectivity index (χ3n) is 3.86. The van der Waals surface area contributed by atoms with E-state index < -0.39 is 6.10 Å². The van der Waals surface area contributed by atoms with Gasteiger partial charge in [-0.15, -0.1) is 0 Å². The number of halogens is 1. The molecule has 0 heterocycles. The van der Waals surface area contributed by atoms with E-state index in [1.54, 1.807) is 19.1 Å². The van der Waals surface area contributed by atoms with Gasteiger partial charge in [-0.3, -0.25) is 4.79 Å². The number of anilines is 1. The van der Waals surface area contributed by atoms with E-state index in [0.29, 0.717) is 16.5 Å². The van der Waals surface area contributed by atoms with Gasteiger partial charge in [-0.25, -0.2) is 0 Å². The Hall–Kier alpha value is -2.52. The number of amides is 1. The monoisotopic (exact) mass is 339 g/mol. The fraction of sp³-hybridized carbons (Fsp3) is 0.150. The van der Waals surface area contributed by atoms with Gasteiger partial charge in [0.05, 0.1) is 0 Å². The second-order valence-electron chi connectivity index (χ2n) is 5.72. The van der Waals surface area contributed by atoms with Crippen molar-refractivity contribution in [2.45, 2.75) is 20.0 Å². The molecule has 3 rings (SSSR count). The zero-order valence-electron chi connectivity index (χ0n) is 13.5. The molecular formula is C20H18ClNO2. The number of aryl methyl sites for hydroxylation is 1. The Bertz CT molecular complexity index is 892. The first-order valence-corrected chi connectivity index (χ1v) is 8.13. The minimum atomic E-state index is -0.621. The molecule has 0 aliphatic carbocycles. The summed E-state index contributed by atoms with van der Waals surface area (Å²) in [5, 5.41) is 5.66. The first kappa shape index (κ1) is 16.3. The Labute approximate surface area is 146 Å². The van der Waals surface area contributed by atoms with E-state index in [9.17, 15) is 4.79 Å². The van der Waals surface area contributed by atoms with Crippen LogP contribution in [0.2, 0.25) is 5.02 Å². The highest BCUT2D eigenvalue weighted by Gasteiger charge is 2.16. The SMILES string of the molecule is Cc1ccc(Cl)cc1NC(=O)[C@@H](C)Oc1ccc2ccccc2c1. The maximum atomic E-state index is 12.4. The molecule has 24 heavy (non-hydrogen) atoms. The van der Waals surface area contributed by atoms with E-state index in [2.05, 4.69) is 5.32 Å². The average molecular weight is 340 g/mol. The first-order valence-electron chi connectivity index (χ1n) is 7.75. The van der Waals surface area contributed by atoms with E-state index in [0.717, 1.165) is 16.3 Å². The minimum Gasteiger partial charge on any atom is -0.481 e. The zero-order valence-corrected chi connectivity index (χ0v) is 14.3. The van der Waals surface area contributed by atoms with Crippen molar-refractivity contribution >= 4 is 34.0 Å². The molecule has 1 amide bonds. The lowest BCUT2D eigenvalue weighted by Gasteiger charge is -2.16. The molecular weight excluding hydrogens is 322 g/mol. The van der Waals surface area contributed by atoms with Crippen LogP contribution in [0.3, 0.4) is 0 Å². The normalized spacial score (nSPS) is 12.0. The van der Waals surface area contributed by atoms with Gasteiger partial charge in [0.2, 0.25) is 0 Å². The van der Waals surface area contributed by atoms with E-state index >= 15 is 0 Å². The summed E-state index contributed by atoms with van der Waals surface area (Å²) in [6, 6.07) is 19.2. The Balaban J connectivity index is 1.72. The predicted molar refractivity (Wildman–Crippen MR) is 98.9 cm³/mol. The maximum Gasteiger partial charge on any atom is 0.265 e. The number of hydrogen-bond donors (Lipinski definition) is 1. The summed E-state index contributed by atoms with van der Waals surface area (Å²) in [7, 11) is 0. The standard InChI is InChI=1S/C20H18ClNO2/c1-13-7-9-17(21)12-19(13)22-20(23)14(2)24-18-10-8-15-5-3-4-6-16(15)11-18/h3-12,14H,1-2H3,(H,22,23)/t14-/m1/s1. The Morgan fingerprint density at radius 1 is 1.04 bits per heavy atom. The van der Waals surface area contributed by atoms with Gasteiger partial charge < -0.3 is 10.1 Å². The quantitative estimate of drug-likeness (QED) is 0.708. The third kappa shape index (κ3) is 3.69. The number of carbonyl (C=O) groups is 1. The molecule has 0 bridgehead atoms. The Morgan fingerprint density at radius 2 is 1.79 bits per heavy atom.